The van der Waals surface area contributed by atoms with Crippen LogP contribution in [0.3, 0.4) is 0 Å². The molecule has 4 nitrogen and oxygen atoms in total. The van der Waals surface area contributed by atoms with E-state index < -0.39 is 11.5 Å². The fourth-order valence-corrected chi connectivity index (χ4v) is 2.72. The molecule has 1 saturated heterocycles. The van der Waals surface area contributed by atoms with Crippen molar-refractivity contribution in [1.29, 1.82) is 0 Å². The van der Waals surface area contributed by atoms with Crippen molar-refractivity contribution in [3.05, 3.63) is 0 Å². The molecule has 1 aliphatic heterocycles. The molecule has 18 heavy (non-hydrogen) atoms. The molecule has 0 saturated carbocycles. The van der Waals surface area contributed by atoms with E-state index in [1.165, 1.54) is 12.8 Å². The zero-order valence-electron chi connectivity index (χ0n) is 12.0. The highest BCUT2D eigenvalue weighted by molar-refractivity contribution is 5.78. The van der Waals surface area contributed by atoms with Crippen LogP contribution in [0.5, 0.6) is 0 Å². The average Bonchev–Trinajstić information content (AvgIpc) is 2.33. The molecule has 0 aliphatic carbocycles. The summed E-state index contributed by atoms with van der Waals surface area (Å²) in [5.41, 5.74) is 4.86. The molecule has 0 aromatic rings. The zero-order chi connectivity index (χ0) is 13.8. The number of rotatable bonds is 6. The minimum Gasteiger partial charge on any atom is -0.480 e. The third-order valence-electron chi connectivity index (χ3n) is 4.37. The first-order chi connectivity index (χ1) is 8.39. The maximum Gasteiger partial charge on any atom is 0.323 e. The summed E-state index contributed by atoms with van der Waals surface area (Å²) in [7, 11) is 0. The maximum absolute atomic E-state index is 11.1. The molecule has 0 bridgehead atoms. The first-order valence-electron chi connectivity index (χ1n) is 7.15. The summed E-state index contributed by atoms with van der Waals surface area (Å²) in [4.78, 5) is 13.6. The SMILES string of the molecule is CCC(N)(CCCN1CC(C)CCC1C)C(=O)O. The Hall–Kier alpha value is -0.610. The molecular weight excluding hydrogens is 228 g/mol. The lowest BCUT2D eigenvalue weighted by atomic mass is 9.90. The number of carboxylic acid groups (broad SMARTS) is 1. The third kappa shape index (κ3) is 3.95. The van der Waals surface area contributed by atoms with Gasteiger partial charge in [-0.3, -0.25) is 4.79 Å². The molecule has 0 amide bonds. The first-order valence-corrected chi connectivity index (χ1v) is 7.15. The second-order valence-corrected chi connectivity index (χ2v) is 5.94. The highest BCUT2D eigenvalue weighted by atomic mass is 16.4. The summed E-state index contributed by atoms with van der Waals surface area (Å²) in [5, 5.41) is 9.12. The monoisotopic (exact) mass is 256 g/mol. The number of nitrogens with zero attached hydrogens (tertiary/aromatic N) is 1. The lowest BCUT2D eigenvalue weighted by Crippen LogP contribution is -2.48. The van der Waals surface area contributed by atoms with Crippen LogP contribution in [-0.2, 0) is 4.79 Å². The van der Waals surface area contributed by atoms with E-state index in [0.717, 1.165) is 25.4 Å². The van der Waals surface area contributed by atoms with Gasteiger partial charge in [-0.05, 0) is 51.5 Å². The summed E-state index contributed by atoms with van der Waals surface area (Å²) < 4.78 is 0. The van der Waals surface area contributed by atoms with Crippen molar-refractivity contribution in [3.8, 4) is 0 Å². The van der Waals surface area contributed by atoms with Gasteiger partial charge < -0.3 is 15.7 Å². The van der Waals surface area contributed by atoms with E-state index in [4.69, 9.17) is 10.8 Å². The Bertz CT molecular complexity index is 283. The van der Waals surface area contributed by atoms with Crippen LogP contribution in [0.4, 0.5) is 0 Å². The zero-order valence-corrected chi connectivity index (χ0v) is 12.0. The van der Waals surface area contributed by atoms with E-state index in [9.17, 15) is 4.79 Å². The highest BCUT2D eigenvalue weighted by Crippen LogP contribution is 2.22. The van der Waals surface area contributed by atoms with Crippen LogP contribution in [0.25, 0.3) is 0 Å². The molecule has 1 rings (SSSR count). The Kier molecular flexibility index (Phi) is 5.60. The van der Waals surface area contributed by atoms with Gasteiger partial charge in [-0.1, -0.05) is 13.8 Å². The number of aliphatic carboxylic acids is 1. The number of piperidine rings is 1. The van der Waals surface area contributed by atoms with Gasteiger partial charge in [-0.25, -0.2) is 0 Å². The number of hydrogen-bond acceptors (Lipinski definition) is 3. The molecule has 4 heteroatoms. The topological polar surface area (TPSA) is 66.6 Å². The quantitative estimate of drug-likeness (QED) is 0.763. The van der Waals surface area contributed by atoms with Crippen LogP contribution in [-0.4, -0.2) is 40.6 Å². The second-order valence-electron chi connectivity index (χ2n) is 5.94. The number of hydrogen-bond donors (Lipinski definition) is 2. The fraction of sp³-hybridized carbons (Fsp3) is 0.929. The number of likely N-dealkylation sites (tertiary alicyclic amines) is 1. The van der Waals surface area contributed by atoms with Gasteiger partial charge in [-0.2, -0.15) is 0 Å². The van der Waals surface area contributed by atoms with E-state index in [2.05, 4.69) is 18.7 Å². The highest BCUT2D eigenvalue weighted by Gasteiger charge is 2.31. The lowest BCUT2D eigenvalue weighted by molar-refractivity contribution is -0.143. The Morgan fingerprint density at radius 1 is 1.44 bits per heavy atom. The predicted octanol–water partition coefficient (Wildman–Crippen LogP) is 2.08. The molecule has 0 spiro atoms. The van der Waals surface area contributed by atoms with Crippen molar-refractivity contribution in [1.82, 2.24) is 4.90 Å². The number of carbonyl (C=O) groups is 1. The first kappa shape index (κ1) is 15.4. The molecule has 0 aromatic carbocycles. The van der Waals surface area contributed by atoms with Crippen molar-refractivity contribution < 1.29 is 9.90 Å². The van der Waals surface area contributed by atoms with E-state index in [1.807, 2.05) is 6.92 Å². The molecule has 1 heterocycles. The minimum absolute atomic E-state index is 0.494. The maximum atomic E-state index is 11.1. The minimum atomic E-state index is -1.04. The van der Waals surface area contributed by atoms with E-state index in [-0.39, 0.29) is 0 Å². The summed E-state index contributed by atoms with van der Waals surface area (Å²) in [6.45, 7) is 8.50. The summed E-state index contributed by atoms with van der Waals surface area (Å²) in [5.74, 6) is -0.112. The molecule has 0 radical (unpaired) electrons. The van der Waals surface area contributed by atoms with Crippen LogP contribution in [0.2, 0.25) is 0 Å². The summed E-state index contributed by atoms with van der Waals surface area (Å²) in [6, 6.07) is 0.625. The van der Waals surface area contributed by atoms with E-state index in [0.29, 0.717) is 18.9 Å². The predicted molar refractivity (Wildman–Crippen MR) is 73.5 cm³/mol. The molecule has 3 unspecified atom stereocenters. The van der Waals surface area contributed by atoms with Crippen LogP contribution in [0, 0.1) is 5.92 Å². The smallest absolute Gasteiger partial charge is 0.323 e. The molecule has 3 atom stereocenters. The van der Waals surface area contributed by atoms with Crippen molar-refractivity contribution in [2.24, 2.45) is 11.7 Å². The molecule has 1 fully saturated rings. The molecule has 1 aliphatic rings. The van der Waals surface area contributed by atoms with Crippen molar-refractivity contribution in [2.45, 2.75) is 64.5 Å². The normalized spacial score (nSPS) is 28.9. The van der Waals surface area contributed by atoms with Crippen LogP contribution in [0.15, 0.2) is 0 Å². The molecule has 3 N–H and O–H groups in total. The van der Waals surface area contributed by atoms with Gasteiger partial charge in [0, 0.05) is 12.6 Å². The molecular formula is C14H28N2O2. The molecule has 106 valence electrons. The summed E-state index contributed by atoms with van der Waals surface area (Å²) in [6.07, 6.45) is 4.49. The van der Waals surface area contributed by atoms with Gasteiger partial charge in [0.2, 0.25) is 0 Å². The van der Waals surface area contributed by atoms with Gasteiger partial charge in [0.05, 0.1) is 0 Å². The van der Waals surface area contributed by atoms with Gasteiger partial charge in [-0.15, -0.1) is 0 Å². The Labute approximate surface area is 111 Å². The summed E-state index contributed by atoms with van der Waals surface area (Å²) >= 11 is 0. The van der Waals surface area contributed by atoms with Gasteiger partial charge in [0.25, 0.3) is 0 Å². The van der Waals surface area contributed by atoms with Crippen LogP contribution in [0.1, 0.15) is 52.9 Å². The van der Waals surface area contributed by atoms with Crippen molar-refractivity contribution in [2.75, 3.05) is 13.1 Å². The van der Waals surface area contributed by atoms with E-state index in [1.54, 1.807) is 0 Å². The Balaban J connectivity index is 2.38. The Morgan fingerprint density at radius 3 is 2.67 bits per heavy atom. The van der Waals surface area contributed by atoms with E-state index >= 15 is 0 Å². The molecule has 0 aromatic heterocycles. The largest absolute Gasteiger partial charge is 0.480 e. The van der Waals surface area contributed by atoms with Crippen molar-refractivity contribution >= 4 is 5.97 Å². The number of carboxylic acids is 1. The van der Waals surface area contributed by atoms with Crippen LogP contribution >= 0.6 is 0 Å². The van der Waals surface area contributed by atoms with Crippen LogP contribution < -0.4 is 5.73 Å². The fourth-order valence-electron chi connectivity index (χ4n) is 2.72. The number of nitrogens with two attached hydrogens (primary N) is 1. The second kappa shape index (κ2) is 6.53. The van der Waals surface area contributed by atoms with Gasteiger partial charge in [0.1, 0.15) is 5.54 Å². The lowest BCUT2D eigenvalue weighted by Gasteiger charge is -2.37. The van der Waals surface area contributed by atoms with Gasteiger partial charge in [0.15, 0.2) is 0 Å². The third-order valence-corrected chi connectivity index (χ3v) is 4.37. The van der Waals surface area contributed by atoms with Crippen molar-refractivity contribution in [3.63, 3.8) is 0 Å². The average molecular weight is 256 g/mol. The van der Waals surface area contributed by atoms with Gasteiger partial charge >= 0.3 is 5.97 Å². The Morgan fingerprint density at radius 2 is 2.11 bits per heavy atom. The standard InChI is InChI=1S/C14H28N2O2/c1-4-14(15,13(17)18)8-5-9-16-10-11(2)6-7-12(16)3/h11-12H,4-10,15H2,1-3H3,(H,17,18).